The predicted octanol–water partition coefficient (Wildman–Crippen LogP) is 3.80. The highest BCUT2D eigenvalue weighted by molar-refractivity contribution is 5.94. The number of aromatic carboxylic acids is 1. The van der Waals surface area contributed by atoms with Crippen LogP contribution in [0.15, 0.2) is 65.6 Å². The number of nitriles is 1. The standard InChI is InChI=1S/C28H25N5O4/c1-16-11-21(17(2)30-23-10-6-5-9-20(23)28(36)37)25-31-26(22(12-29)27(35)33(25)13-16)32-14-18-7-3-4-8-19(18)24(32)15-34/h3-11,13,17,24,30,34H,14-15H2,1-2H3,(H,36,37)/t17-,24?/m1/s1. The molecule has 9 nitrogen and oxygen atoms in total. The number of hydrogen-bond acceptors (Lipinski definition) is 7. The lowest BCUT2D eigenvalue weighted by Crippen LogP contribution is -2.30. The van der Waals surface area contributed by atoms with E-state index < -0.39 is 23.6 Å². The van der Waals surface area contributed by atoms with Gasteiger partial charge in [0.15, 0.2) is 11.4 Å². The topological polar surface area (TPSA) is 131 Å². The molecular weight excluding hydrogens is 470 g/mol. The third-order valence-corrected chi connectivity index (χ3v) is 6.75. The van der Waals surface area contributed by atoms with E-state index in [2.05, 4.69) is 5.32 Å². The lowest BCUT2D eigenvalue weighted by molar-refractivity contribution is 0.0698. The minimum absolute atomic E-state index is 0.0999. The van der Waals surface area contributed by atoms with Gasteiger partial charge in [-0.05, 0) is 48.7 Å². The number of fused-ring (bicyclic) bond motifs is 2. The number of aliphatic hydroxyl groups is 1. The molecule has 5 rings (SSSR count). The van der Waals surface area contributed by atoms with Gasteiger partial charge in [0.2, 0.25) is 0 Å². The number of nitrogens with one attached hydrogen (secondary N) is 1. The van der Waals surface area contributed by atoms with E-state index in [1.807, 2.05) is 50.2 Å². The molecule has 0 fully saturated rings. The molecule has 9 heteroatoms. The molecule has 186 valence electrons. The van der Waals surface area contributed by atoms with Gasteiger partial charge in [-0.1, -0.05) is 36.4 Å². The Labute approximate surface area is 212 Å². The summed E-state index contributed by atoms with van der Waals surface area (Å²) in [6.07, 6.45) is 1.64. The van der Waals surface area contributed by atoms with Gasteiger partial charge in [0.05, 0.1) is 24.3 Å². The zero-order chi connectivity index (χ0) is 26.3. The molecule has 0 spiro atoms. The van der Waals surface area contributed by atoms with E-state index in [1.165, 1.54) is 10.5 Å². The first-order valence-corrected chi connectivity index (χ1v) is 11.8. The number of carbonyl (C=O) groups is 1. The molecule has 3 N–H and O–H groups in total. The van der Waals surface area contributed by atoms with E-state index in [0.717, 1.165) is 16.7 Å². The first-order valence-electron chi connectivity index (χ1n) is 11.8. The fraction of sp³-hybridized carbons (Fsp3) is 0.214. The van der Waals surface area contributed by atoms with Crippen LogP contribution in [0.3, 0.4) is 0 Å². The normalized spacial score (nSPS) is 15.3. The fourth-order valence-corrected chi connectivity index (χ4v) is 5.01. The van der Waals surface area contributed by atoms with Crippen molar-refractivity contribution >= 4 is 23.1 Å². The number of carboxylic acids is 1. The number of pyridine rings is 1. The molecule has 2 atom stereocenters. The van der Waals surface area contributed by atoms with Gasteiger partial charge < -0.3 is 20.4 Å². The Morgan fingerprint density at radius 3 is 2.70 bits per heavy atom. The zero-order valence-electron chi connectivity index (χ0n) is 20.3. The van der Waals surface area contributed by atoms with E-state index in [9.17, 15) is 25.1 Å². The summed E-state index contributed by atoms with van der Waals surface area (Å²) < 4.78 is 1.37. The highest BCUT2D eigenvalue weighted by Gasteiger charge is 2.33. The minimum Gasteiger partial charge on any atom is -0.478 e. The average Bonchev–Trinajstić information content (AvgIpc) is 3.27. The Morgan fingerprint density at radius 1 is 1.24 bits per heavy atom. The summed E-state index contributed by atoms with van der Waals surface area (Å²) in [6.45, 7) is 3.90. The minimum atomic E-state index is -1.05. The monoisotopic (exact) mass is 495 g/mol. The molecule has 0 amide bonds. The van der Waals surface area contributed by atoms with Crippen LogP contribution in [0, 0.1) is 18.3 Å². The third kappa shape index (κ3) is 4.07. The molecule has 2 aromatic heterocycles. The van der Waals surface area contributed by atoms with Crippen molar-refractivity contribution in [2.24, 2.45) is 0 Å². The Kier molecular flexibility index (Phi) is 6.11. The van der Waals surface area contributed by atoms with Gasteiger partial charge in [0.1, 0.15) is 11.7 Å². The number of para-hydroxylation sites is 1. The van der Waals surface area contributed by atoms with Gasteiger partial charge in [0, 0.05) is 24.0 Å². The Bertz CT molecular complexity index is 1640. The van der Waals surface area contributed by atoms with Crippen molar-refractivity contribution in [1.82, 2.24) is 9.38 Å². The number of aromatic nitrogens is 2. The third-order valence-electron chi connectivity index (χ3n) is 6.75. The van der Waals surface area contributed by atoms with Crippen LogP contribution < -0.4 is 15.8 Å². The van der Waals surface area contributed by atoms with Crippen LogP contribution >= 0.6 is 0 Å². The summed E-state index contributed by atoms with van der Waals surface area (Å²) in [5, 5.41) is 33.0. The number of anilines is 2. The maximum Gasteiger partial charge on any atom is 0.337 e. The van der Waals surface area contributed by atoms with E-state index in [4.69, 9.17) is 4.98 Å². The quantitative estimate of drug-likeness (QED) is 0.368. The first-order chi connectivity index (χ1) is 17.8. The van der Waals surface area contributed by atoms with Crippen molar-refractivity contribution in [2.45, 2.75) is 32.5 Å². The number of aliphatic hydroxyl groups excluding tert-OH is 1. The number of benzene rings is 2. The van der Waals surface area contributed by atoms with Crippen molar-refractivity contribution in [3.05, 3.63) is 105 Å². The maximum atomic E-state index is 13.5. The molecule has 1 aliphatic rings. The van der Waals surface area contributed by atoms with Gasteiger partial charge in [-0.25, -0.2) is 9.78 Å². The molecule has 0 saturated carbocycles. The number of nitrogens with zero attached hydrogens (tertiary/aromatic N) is 4. The smallest absolute Gasteiger partial charge is 0.337 e. The number of carboxylic acid groups (broad SMARTS) is 1. The van der Waals surface area contributed by atoms with Gasteiger partial charge in [-0.15, -0.1) is 0 Å². The van der Waals surface area contributed by atoms with Gasteiger partial charge in [-0.3, -0.25) is 9.20 Å². The lowest BCUT2D eigenvalue weighted by atomic mass is 10.1. The van der Waals surface area contributed by atoms with Crippen molar-refractivity contribution in [1.29, 1.82) is 5.26 Å². The van der Waals surface area contributed by atoms with Crippen LogP contribution in [0.1, 0.15) is 57.2 Å². The van der Waals surface area contributed by atoms with Crippen molar-refractivity contribution in [3.8, 4) is 6.07 Å². The van der Waals surface area contributed by atoms with Crippen LogP contribution in [0.4, 0.5) is 11.5 Å². The van der Waals surface area contributed by atoms with Gasteiger partial charge in [0.25, 0.3) is 5.56 Å². The molecule has 2 aromatic carbocycles. The summed E-state index contributed by atoms with van der Waals surface area (Å²) in [4.78, 5) is 31.9. The summed E-state index contributed by atoms with van der Waals surface area (Å²) >= 11 is 0. The Balaban J connectivity index is 1.67. The predicted molar refractivity (Wildman–Crippen MR) is 139 cm³/mol. The van der Waals surface area contributed by atoms with Crippen molar-refractivity contribution < 1.29 is 15.0 Å². The summed E-state index contributed by atoms with van der Waals surface area (Å²) in [5.41, 5.74) is 3.70. The highest BCUT2D eigenvalue weighted by atomic mass is 16.4. The van der Waals surface area contributed by atoms with E-state index in [1.54, 1.807) is 29.3 Å². The SMILES string of the molecule is Cc1cc([C@@H](C)Nc2ccccc2C(=O)O)c2nc(N3Cc4ccccc4C3CO)c(C#N)c(=O)n2c1. The molecule has 1 aliphatic heterocycles. The molecular formula is C28H25N5O4. The molecule has 0 aliphatic carbocycles. The largest absolute Gasteiger partial charge is 0.478 e. The van der Waals surface area contributed by atoms with Gasteiger partial charge in [-0.2, -0.15) is 5.26 Å². The molecule has 3 heterocycles. The summed E-state index contributed by atoms with van der Waals surface area (Å²) in [5.74, 6) is -0.839. The Hall–Kier alpha value is -4.68. The number of aryl methyl sites for hydroxylation is 1. The Morgan fingerprint density at radius 2 is 1.97 bits per heavy atom. The van der Waals surface area contributed by atoms with E-state index >= 15 is 0 Å². The molecule has 0 bridgehead atoms. The first kappa shape index (κ1) is 24.0. The zero-order valence-corrected chi connectivity index (χ0v) is 20.3. The molecule has 0 saturated heterocycles. The molecule has 4 aromatic rings. The second-order valence-corrected chi connectivity index (χ2v) is 9.14. The molecule has 0 radical (unpaired) electrons. The van der Waals surface area contributed by atoms with E-state index in [-0.39, 0.29) is 23.6 Å². The van der Waals surface area contributed by atoms with Crippen LogP contribution in [-0.2, 0) is 6.54 Å². The van der Waals surface area contributed by atoms with Crippen molar-refractivity contribution in [2.75, 3.05) is 16.8 Å². The lowest BCUT2D eigenvalue weighted by Gasteiger charge is -2.26. The maximum absolute atomic E-state index is 13.5. The second kappa shape index (κ2) is 9.41. The average molecular weight is 496 g/mol. The van der Waals surface area contributed by atoms with E-state index in [0.29, 0.717) is 23.4 Å². The summed E-state index contributed by atoms with van der Waals surface area (Å²) in [6, 6.07) is 17.4. The summed E-state index contributed by atoms with van der Waals surface area (Å²) in [7, 11) is 0. The van der Waals surface area contributed by atoms with Crippen molar-refractivity contribution in [3.63, 3.8) is 0 Å². The number of hydrogen-bond donors (Lipinski definition) is 3. The molecule has 37 heavy (non-hydrogen) atoms. The fourth-order valence-electron chi connectivity index (χ4n) is 5.01. The molecule has 1 unspecified atom stereocenters. The van der Waals surface area contributed by atoms with Crippen LogP contribution in [0.2, 0.25) is 0 Å². The second-order valence-electron chi connectivity index (χ2n) is 9.14. The van der Waals surface area contributed by atoms with Crippen LogP contribution in [0.25, 0.3) is 5.65 Å². The van der Waals surface area contributed by atoms with Gasteiger partial charge >= 0.3 is 5.97 Å². The van der Waals surface area contributed by atoms with Crippen LogP contribution in [-0.4, -0.2) is 32.2 Å². The van der Waals surface area contributed by atoms with Crippen LogP contribution in [0.5, 0.6) is 0 Å². The number of rotatable bonds is 6. The highest BCUT2D eigenvalue weighted by Crippen LogP contribution is 2.37.